The van der Waals surface area contributed by atoms with Crippen molar-refractivity contribution >= 4 is 33.5 Å². The number of benzene rings is 1. The number of Topliss-reactive ketones (excluding diaryl/α,β-unsaturated/α-hetero) is 1. The molecule has 4 heteroatoms. The maximum absolute atomic E-state index is 13.7. The average molecular weight is 317 g/mol. The second-order valence-corrected chi connectivity index (χ2v) is 6.39. The zero-order valence-corrected chi connectivity index (χ0v) is 11.8. The Bertz CT molecular complexity index is 416. The predicted molar refractivity (Wildman–Crippen MR) is 73.1 cm³/mol. The van der Waals surface area contributed by atoms with Crippen molar-refractivity contribution in [1.29, 1.82) is 0 Å². The summed E-state index contributed by atoms with van der Waals surface area (Å²) in [7, 11) is 0. The number of halogens is 2. The van der Waals surface area contributed by atoms with Gasteiger partial charge < -0.3 is 0 Å². The summed E-state index contributed by atoms with van der Waals surface area (Å²) in [6.07, 6.45) is 4.91. The Kier molecular flexibility index (Phi) is 4.62. The maximum atomic E-state index is 13.7. The van der Waals surface area contributed by atoms with Crippen LogP contribution in [0, 0.1) is 5.82 Å². The summed E-state index contributed by atoms with van der Waals surface area (Å²) in [6, 6.07) is 4.86. The van der Waals surface area contributed by atoms with Crippen molar-refractivity contribution in [3.8, 4) is 0 Å². The summed E-state index contributed by atoms with van der Waals surface area (Å²) in [5, 5.41) is 0.592. The maximum Gasteiger partial charge on any atom is 0.175 e. The molecule has 1 nitrogen and oxygen atoms in total. The van der Waals surface area contributed by atoms with Gasteiger partial charge in [-0.25, -0.2) is 4.39 Å². The van der Waals surface area contributed by atoms with Gasteiger partial charge in [0.25, 0.3) is 0 Å². The van der Waals surface area contributed by atoms with E-state index in [1.807, 2.05) is 0 Å². The number of carbonyl (C=O) groups excluding carboxylic acids is 1. The standard InChI is InChI=1S/C13H14BrFOS/c14-11-7-3-6-10(13(11)15)12(16)8-17-9-4-1-2-5-9/h3,6-7,9H,1-2,4-5,8H2. The average Bonchev–Trinajstić information content (AvgIpc) is 2.82. The van der Waals surface area contributed by atoms with Crippen LogP contribution in [0.4, 0.5) is 4.39 Å². The van der Waals surface area contributed by atoms with Gasteiger partial charge in [-0.3, -0.25) is 4.79 Å². The first-order valence-electron chi connectivity index (χ1n) is 5.77. The Hall–Kier alpha value is -0.350. The van der Waals surface area contributed by atoms with E-state index in [9.17, 15) is 9.18 Å². The monoisotopic (exact) mass is 316 g/mol. The van der Waals surface area contributed by atoms with Gasteiger partial charge in [0.05, 0.1) is 15.8 Å². The summed E-state index contributed by atoms with van der Waals surface area (Å²) in [5.41, 5.74) is 0.199. The molecule has 0 radical (unpaired) electrons. The lowest BCUT2D eigenvalue weighted by molar-refractivity contribution is 0.101. The molecule has 2 rings (SSSR count). The lowest BCUT2D eigenvalue weighted by Gasteiger charge is -2.08. The van der Waals surface area contributed by atoms with Crippen LogP contribution in [-0.4, -0.2) is 16.8 Å². The van der Waals surface area contributed by atoms with Gasteiger partial charge in [-0.05, 0) is 40.9 Å². The summed E-state index contributed by atoms with van der Waals surface area (Å²) in [5.74, 6) is -0.164. The minimum atomic E-state index is -0.440. The molecule has 1 fully saturated rings. The highest BCUT2D eigenvalue weighted by atomic mass is 79.9. The highest BCUT2D eigenvalue weighted by Crippen LogP contribution is 2.30. The van der Waals surface area contributed by atoms with Crippen LogP contribution in [-0.2, 0) is 0 Å². The Morgan fingerprint density at radius 3 is 2.82 bits per heavy atom. The van der Waals surface area contributed by atoms with Crippen LogP contribution in [0.3, 0.4) is 0 Å². The van der Waals surface area contributed by atoms with Crippen LogP contribution in [0.25, 0.3) is 0 Å². The van der Waals surface area contributed by atoms with E-state index in [4.69, 9.17) is 0 Å². The fourth-order valence-electron chi connectivity index (χ4n) is 2.05. The third-order valence-corrected chi connectivity index (χ3v) is 4.99. The van der Waals surface area contributed by atoms with Crippen LogP contribution < -0.4 is 0 Å². The van der Waals surface area contributed by atoms with Crippen molar-refractivity contribution < 1.29 is 9.18 Å². The molecule has 0 bridgehead atoms. The molecule has 0 unspecified atom stereocenters. The third kappa shape index (κ3) is 3.32. The zero-order chi connectivity index (χ0) is 12.3. The van der Waals surface area contributed by atoms with E-state index in [-0.39, 0.29) is 11.3 Å². The normalized spacial score (nSPS) is 16.4. The van der Waals surface area contributed by atoms with Gasteiger partial charge in [0, 0.05) is 5.25 Å². The molecule has 0 spiro atoms. The molecule has 1 aromatic rings. The lowest BCUT2D eigenvalue weighted by Crippen LogP contribution is -2.08. The van der Waals surface area contributed by atoms with Crippen molar-refractivity contribution in [2.24, 2.45) is 0 Å². The van der Waals surface area contributed by atoms with Gasteiger partial charge >= 0.3 is 0 Å². The Balaban J connectivity index is 1.97. The topological polar surface area (TPSA) is 17.1 Å². The van der Waals surface area contributed by atoms with Crippen LogP contribution in [0.5, 0.6) is 0 Å². The predicted octanol–water partition coefficient (Wildman–Crippen LogP) is 4.45. The molecule has 0 aliphatic heterocycles. The van der Waals surface area contributed by atoms with Crippen molar-refractivity contribution in [2.75, 3.05) is 5.75 Å². The van der Waals surface area contributed by atoms with Gasteiger partial charge in [0.1, 0.15) is 5.82 Å². The minimum Gasteiger partial charge on any atom is -0.293 e. The fourth-order valence-corrected chi connectivity index (χ4v) is 3.62. The molecular formula is C13H14BrFOS. The lowest BCUT2D eigenvalue weighted by atomic mass is 10.1. The van der Waals surface area contributed by atoms with Gasteiger partial charge in [-0.1, -0.05) is 18.9 Å². The first kappa shape index (κ1) is 13.1. The van der Waals surface area contributed by atoms with E-state index >= 15 is 0 Å². The number of thioether (sulfide) groups is 1. The molecule has 0 amide bonds. The third-order valence-electron chi connectivity index (χ3n) is 3.00. The molecule has 0 atom stereocenters. The molecule has 17 heavy (non-hydrogen) atoms. The molecule has 0 N–H and O–H groups in total. The quantitative estimate of drug-likeness (QED) is 0.763. The molecule has 1 aliphatic carbocycles. The Morgan fingerprint density at radius 1 is 1.41 bits per heavy atom. The van der Waals surface area contributed by atoms with Crippen LogP contribution in [0.15, 0.2) is 22.7 Å². The highest BCUT2D eigenvalue weighted by Gasteiger charge is 2.19. The molecule has 0 aromatic heterocycles. The molecular weight excluding hydrogens is 303 g/mol. The highest BCUT2D eigenvalue weighted by molar-refractivity contribution is 9.10. The Labute approximate surface area is 113 Å². The number of carbonyl (C=O) groups is 1. The molecule has 0 heterocycles. The summed E-state index contributed by atoms with van der Waals surface area (Å²) >= 11 is 4.77. The van der Waals surface area contributed by atoms with Crippen LogP contribution in [0.2, 0.25) is 0 Å². The van der Waals surface area contributed by atoms with E-state index in [1.165, 1.54) is 25.7 Å². The first-order chi connectivity index (χ1) is 8.18. The second-order valence-electron chi connectivity index (χ2n) is 4.24. The van der Waals surface area contributed by atoms with E-state index < -0.39 is 5.82 Å². The molecule has 92 valence electrons. The summed E-state index contributed by atoms with van der Waals surface area (Å²) in [4.78, 5) is 11.9. The van der Waals surface area contributed by atoms with E-state index in [0.29, 0.717) is 15.5 Å². The largest absolute Gasteiger partial charge is 0.293 e. The molecule has 0 saturated heterocycles. The fraction of sp³-hybridized carbons (Fsp3) is 0.462. The van der Waals surface area contributed by atoms with E-state index in [1.54, 1.807) is 30.0 Å². The van der Waals surface area contributed by atoms with Gasteiger partial charge in [-0.15, -0.1) is 0 Å². The van der Waals surface area contributed by atoms with Crippen molar-refractivity contribution in [3.63, 3.8) is 0 Å². The molecule has 1 aliphatic rings. The minimum absolute atomic E-state index is 0.110. The van der Waals surface area contributed by atoms with E-state index in [2.05, 4.69) is 15.9 Å². The van der Waals surface area contributed by atoms with Gasteiger partial charge in [0.2, 0.25) is 0 Å². The van der Waals surface area contributed by atoms with E-state index in [0.717, 1.165) is 0 Å². The number of rotatable bonds is 4. The molecule has 1 saturated carbocycles. The van der Waals surface area contributed by atoms with Gasteiger partial charge in [0.15, 0.2) is 5.78 Å². The number of ketones is 1. The van der Waals surface area contributed by atoms with Gasteiger partial charge in [-0.2, -0.15) is 11.8 Å². The smallest absolute Gasteiger partial charge is 0.175 e. The first-order valence-corrected chi connectivity index (χ1v) is 7.61. The van der Waals surface area contributed by atoms with Crippen molar-refractivity contribution in [3.05, 3.63) is 34.1 Å². The van der Waals surface area contributed by atoms with Crippen LogP contribution in [0.1, 0.15) is 36.0 Å². The summed E-state index contributed by atoms with van der Waals surface area (Å²) in [6.45, 7) is 0. The van der Waals surface area contributed by atoms with Crippen molar-refractivity contribution in [2.45, 2.75) is 30.9 Å². The second kappa shape index (κ2) is 6.01. The SMILES string of the molecule is O=C(CSC1CCCC1)c1cccc(Br)c1F. The molecule has 1 aromatic carbocycles. The number of hydrogen-bond donors (Lipinski definition) is 0. The zero-order valence-electron chi connectivity index (χ0n) is 9.42. The van der Waals surface area contributed by atoms with Crippen LogP contribution >= 0.6 is 27.7 Å². The Morgan fingerprint density at radius 2 is 2.12 bits per heavy atom. The summed E-state index contributed by atoms with van der Waals surface area (Å²) < 4.78 is 14.0. The number of hydrogen-bond acceptors (Lipinski definition) is 2. The van der Waals surface area contributed by atoms with Crippen molar-refractivity contribution in [1.82, 2.24) is 0 Å².